The van der Waals surface area contributed by atoms with Gasteiger partial charge in [-0.25, -0.2) is 0 Å². The Bertz CT molecular complexity index is 1030. The van der Waals surface area contributed by atoms with E-state index in [0.29, 0.717) is 41.4 Å². The molecule has 0 bridgehead atoms. The van der Waals surface area contributed by atoms with Crippen LogP contribution in [-0.2, 0) is 14.4 Å². The van der Waals surface area contributed by atoms with E-state index in [4.69, 9.17) is 4.74 Å². The zero-order valence-corrected chi connectivity index (χ0v) is 18.2. The van der Waals surface area contributed by atoms with Gasteiger partial charge in [0.05, 0.1) is 17.9 Å². The molecule has 7 nitrogen and oxygen atoms in total. The molecular formula is C24H27N3O4. The lowest BCUT2D eigenvalue weighted by Gasteiger charge is -2.18. The Kier molecular flexibility index (Phi) is 6.74. The van der Waals surface area contributed by atoms with Gasteiger partial charge in [-0.15, -0.1) is 0 Å². The summed E-state index contributed by atoms with van der Waals surface area (Å²) in [5.74, 6) is -0.169. The van der Waals surface area contributed by atoms with Crippen molar-refractivity contribution in [2.24, 2.45) is 5.92 Å². The molecule has 0 unspecified atom stereocenters. The van der Waals surface area contributed by atoms with Gasteiger partial charge in [-0.1, -0.05) is 38.1 Å². The third-order valence-corrected chi connectivity index (χ3v) is 4.66. The first-order valence-electron chi connectivity index (χ1n) is 10.3. The minimum Gasteiger partial charge on any atom is -0.492 e. The smallest absolute Gasteiger partial charge is 0.278 e. The predicted octanol–water partition coefficient (Wildman–Crippen LogP) is 3.89. The van der Waals surface area contributed by atoms with Crippen molar-refractivity contribution in [2.75, 3.05) is 23.8 Å². The Balaban J connectivity index is 2.04. The molecule has 1 aliphatic rings. The molecule has 0 saturated heterocycles. The van der Waals surface area contributed by atoms with Gasteiger partial charge in [0.15, 0.2) is 0 Å². The summed E-state index contributed by atoms with van der Waals surface area (Å²) in [6.45, 7) is 8.02. The molecular weight excluding hydrogens is 394 g/mol. The molecule has 0 aromatic heterocycles. The molecule has 2 aromatic rings. The second kappa shape index (κ2) is 9.47. The zero-order chi connectivity index (χ0) is 22.5. The number of hydrogen-bond donors (Lipinski definition) is 2. The fourth-order valence-electron chi connectivity index (χ4n) is 3.40. The Hall–Kier alpha value is -3.61. The van der Waals surface area contributed by atoms with E-state index in [0.717, 1.165) is 0 Å². The summed E-state index contributed by atoms with van der Waals surface area (Å²) < 4.78 is 5.66. The van der Waals surface area contributed by atoms with Crippen molar-refractivity contribution in [1.82, 2.24) is 4.90 Å². The first kappa shape index (κ1) is 22.1. The number of ether oxygens (including phenoxy) is 1. The Morgan fingerprint density at radius 3 is 2.32 bits per heavy atom. The maximum atomic E-state index is 13.2. The fourth-order valence-corrected chi connectivity index (χ4v) is 3.40. The van der Waals surface area contributed by atoms with Crippen LogP contribution in [0.2, 0.25) is 0 Å². The number of imide groups is 1. The minimum atomic E-state index is -0.370. The third-order valence-electron chi connectivity index (χ3n) is 4.66. The summed E-state index contributed by atoms with van der Waals surface area (Å²) in [6.07, 6.45) is 0. The largest absolute Gasteiger partial charge is 0.492 e. The highest BCUT2D eigenvalue weighted by molar-refractivity contribution is 6.36. The van der Waals surface area contributed by atoms with Crippen LogP contribution in [0.5, 0.6) is 5.75 Å². The summed E-state index contributed by atoms with van der Waals surface area (Å²) >= 11 is 0. The normalized spacial score (nSPS) is 13.8. The van der Waals surface area contributed by atoms with Crippen molar-refractivity contribution < 1.29 is 19.1 Å². The summed E-state index contributed by atoms with van der Waals surface area (Å²) in [5.41, 5.74) is 2.33. The first-order chi connectivity index (χ1) is 14.8. The molecule has 0 aliphatic carbocycles. The van der Waals surface area contributed by atoms with Gasteiger partial charge in [-0.05, 0) is 42.7 Å². The second-order valence-corrected chi connectivity index (χ2v) is 7.68. The monoisotopic (exact) mass is 421 g/mol. The number of nitrogens with zero attached hydrogens (tertiary/aromatic N) is 1. The standard InChI is InChI=1S/C24H27N3O4/c1-5-31-20-9-7-6-8-19(20)26-22-21(23(29)27(24(22)30)14-15(2)3)17-10-12-18(13-11-17)25-16(4)28/h6-13,15,26H,5,14H2,1-4H3,(H,25,28). The fraction of sp³-hybridized carbons (Fsp3) is 0.292. The van der Waals surface area contributed by atoms with Crippen molar-refractivity contribution in [1.29, 1.82) is 0 Å². The first-order valence-corrected chi connectivity index (χ1v) is 10.3. The van der Waals surface area contributed by atoms with Gasteiger partial charge in [-0.3, -0.25) is 19.3 Å². The van der Waals surface area contributed by atoms with Crippen LogP contribution in [-0.4, -0.2) is 35.8 Å². The zero-order valence-electron chi connectivity index (χ0n) is 18.2. The summed E-state index contributed by atoms with van der Waals surface area (Å²) in [7, 11) is 0. The highest BCUT2D eigenvalue weighted by Gasteiger charge is 2.39. The van der Waals surface area contributed by atoms with Crippen LogP contribution in [0, 0.1) is 5.92 Å². The Morgan fingerprint density at radius 1 is 1.03 bits per heavy atom. The van der Waals surface area contributed by atoms with E-state index in [1.54, 1.807) is 36.4 Å². The lowest BCUT2D eigenvalue weighted by molar-refractivity contribution is -0.137. The summed E-state index contributed by atoms with van der Waals surface area (Å²) in [5, 5.41) is 5.85. The molecule has 2 aromatic carbocycles. The molecule has 0 radical (unpaired) electrons. The van der Waals surface area contributed by atoms with E-state index in [2.05, 4.69) is 10.6 Å². The molecule has 1 heterocycles. The highest BCUT2D eigenvalue weighted by atomic mass is 16.5. The molecule has 0 saturated carbocycles. The van der Waals surface area contributed by atoms with Gasteiger partial charge in [0.25, 0.3) is 11.8 Å². The van der Waals surface area contributed by atoms with Gasteiger partial charge >= 0.3 is 0 Å². The number of anilines is 2. The molecule has 3 rings (SSSR count). The van der Waals surface area contributed by atoms with Crippen LogP contribution in [0.25, 0.3) is 5.57 Å². The Labute approximate surface area is 182 Å². The molecule has 3 amide bonds. The molecule has 0 spiro atoms. The maximum absolute atomic E-state index is 13.2. The number of benzene rings is 2. The lowest BCUT2D eigenvalue weighted by atomic mass is 10.0. The van der Waals surface area contributed by atoms with Crippen molar-refractivity contribution in [3.63, 3.8) is 0 Å². The molecule has 0 atom stereocenters. The van der Waals surface area contributed by atoms with Gasteiger partial charge in [0, 0.05) is 19.2 Å². The average Bonchev–Trinajstić information content (AvgIpc) is 2.94. The van der Waals surface area contributed by atoms with Crippen LogP contribution in [0.1, 0.15) is 33.3 Å². The number of para-hydroxylation sites is 2. The van der Waals surface area contributed by atoms with Crippen molar-refractivity contribution >= 4 is 34.7 Å². The molecule has 2 N–H and O–H groups in total. The van der Waals surface area contributed by atoms with E-state index >= 15 is 0 Å². The third kappa shape index (κ3) is 4.94. The highest BCUT2D eigenvalue weighted by Crippen LogP contribution is 2.34. The molecule has 0 fully saturated rings. The average molecular weight is 421 g/mol. The molecule has 7 heteroatoms. The second-order valence-electron chi connectivity index (χ2n) is 7.68. The van der Waals surface area contributed by atoms with Crippen LogP contribution in [0.3, 0.4) is 0 Å². The van der Waals surface area contributed by atoms with Gasteiger partial charge in [-0.2, -0.15) is 0 Å². The number of carbonyl (C=O) groups is 3. The van der Waals surface area contributed by atoms with Crippen LogP contribution < -0.4 is 15.4 Å². The van der Waals surface area contributed by atoms with E-state index in [-0.39, 0.29) is 29.3 Å². The Morgan fingerprint density at radius 2 is 1.71 bits per heavy atom. The van der Waals surface area contributed by atoms with Crippen molar-refractivity contribution in [3.05, 3.63) is 59.8 Å². The van der Waals surface area contributed by atoms with E-state index in [1.807, 2.05) is 32.9 Å². The maximum Gasteiger partial charge on any atom is 0.278 e. The van der Waals surface area contributed by atoms with E-state index in [9.17, 15) is 14.4 Å². The SMILES string of the molecule is CCOc1ccccc1NC1=C(c2ccc(NC(C)=O)cc2)C(=O)N(CC(C)C)C1=O. The van der Waals surface area contributed by atoms with Crippen LogP contribution >= 0.6 is 0 Å². The number of amides is 3. The van der Waals surface area contributed by atoms with Gasteiger partial charge in [0.2, 0.25) is 5.91 Å². The predicted molar refractivity (Wildman–Crippen MR) is 120 cm³/mol. The molecule has 1 aliphatic heterocycles. The molecule has 162 valence electrons. The van der Waals surface area contributed by atoms with Crippen LogP contribution in [0.15, 0.2) is 54.2 Å². The summed E-state index contributed by atoms with van der Waals surface area (Å²) in [4.78, 5) is 39.0. The lowest BCUT2D eigenvalue weighted by Crippen LogP contribution is -2.35. The minimum absolute atomic E-state index is 0.131. The van der Waals surface area contributed by atoms with Crippen molar-refractivity contribution in [2.45, 2.75) is 27.7 Å². The van der Waals surface area contributed by atoms with Crippen molar-refractivity contribution in [3.8, 4) is 5.75 Å². The molecule has 31 heavy (non-hydrogen) atoms. The van der Waals surface area contributed by atoms with E-state index < -0.39 is 0 Å². The van der Waals surface area contributed by atoms with Gasteiger partial charge < -0.3 is 15.4 Å². The number of carbonyl (C=O) groups excluding carboxylic acids is 3. The van der Waals surface area contributed by atoms with Crippen LogP contribution in [0.4, 0.5) is 11.4 Å². The number of hydrogen-bond acceptors (Lipinski definition) is 5. The topological polar surface area (TPSA) is 87.7 Å². The number of nitrogens with one attached hydrogen (secondary N) is 2. The quantitative estimate of drug-likeness (QED) is 0.632. The summed E-state index contributed by atoms with van der Waals surface area (Å²) in [6, 6.07) is 14.2. The van der Waals surface area contributed by atoms with Gasteiger partial charge in [0.1, 0.15) is 11.4 Å². The number of rotatable bonds is 8. The van der Waals surface area contributed by atoms with E-state index in [1.165, 1.54) is 11.8 Å².